The van der Waals surface area contributed by atoms with Crippen LogP contribution in [0.5, 0.6) is 0 Å². The van der Waals surface area contributed by atoms with Crippen molar-refractivity contribution < 1.29 is 24.6 Å². The zero-order chi connectivity index (χ0) is 13.8. The Hall–Kier alpha value is -1.47. The van der Waals surface area contributed by atoms with Crippen molar-refractivity contribution in [2.75, 3.05) is 0 Å². The fourth-order valence-electron chi connectivity index (χ4n) is 1.47. The van der Waals surface area contributed by atoms with Gasteiger partial charge < -0.3 is 21.7 Å². The summed E-state index contributed by atoms with van der Waals surface area (Å²) >= 11 is 0. The van der Waals surface area contributed by atoms with Crippen molar-refractivity contribution in [3.8, 4) is 0 Å². The average Bonchev–Trinajstić information content (AvgIpc) is 2.24. The molecular formula is C10H18N2O5. The third kappa shape index (κ3) is 3.24. The maximum Gasteiger partial charge on any atom is 0.331 e. The number of rotatable bonds is 7. The molecule has 0 aromatic carbocycles. The van der Waals surface area contributed by atoms with Crippen LogP contribution in [0, 0.1) is 5.92 Å². The third-order valence-corrected chi connectivity index (χ3v) is 2.88. The van der Waals surface area contributed by atoms with Gasteiger partial charge in [0.1, 0.15) is 0 Å². The molecule has 0 spiro atoms. The molecule has 0 heterocycles. The number of carboxylic acid groups (broad SMARTS) is 2. The van der Waals surface area contributed by atoms with E-state index < -0.39 is 41.6 Å². The summed E-state index contributed by atoms with van der Waals surface area (Å²) < 4.78 is 0. The fraction of sp³-hybridized carbons (Fsp3) is 0.700. The monoisotopic (exact) mass is 246 g/mol. The van der Waals surface area contributed by atoms with Gasteiger partial charge in [0.05, 0.1) is 12.5 Å². The van der Waals surface area contributed by atoms with E-state index in [4.69, 9.17) is 21.7 Å². The molecule has 0 aliphatic carbocycles. The first-order valence-corrected chi connectivity index (χ1v) is 5.21. The molecule has 0 aliphatic heterocycles. The van der Waals surface area contributed by atoms with E-state index in [1.807, 2.05) is 0 Å². The van der Waals surface area contributed by atoms with Gasteiger partial charge in [0.25, 0.3) is 0 Å². The van der Waals surface area contributed by atoms with Crippen LogP contribution in [-0.4, -0.2) is 39.5 Å². The number of carboxylic acids is 2. The molecule has 0 aromatic heterocycles. The second-order valence-corrected chi connectivity index (χ2v) is 4.05. The molecular weight excluding hydrogens is 228 g/mol. The van der Waals surface area contributed by atoms with Gasteiger partial charge in [-0.05, 0) is 5.92 Å². The predicted molar refractivity (Wildman–Crippen MR) is 59.2 cm³/mol. The fourth-order valence-corrected chi connectivity index (χ4v) is 1.47. The highest BCUT2D eigenvalue weighted by Gasteiger charge is 2.48. The number of hydrogen-bond donors (Lipinski definition) is 4. The number of carbonyl (C=O) groups is 3. The molecule has 7 heteroatoms. The third-order valence-electron chi connectivity index (χ3n) is 2.88. The van der Waals surface area contributed by atoms with Crippen molar-refractivity contribution >= 4 is 17.7 Å². The molecule has 0 aliphatic rings. The van der Waals surface area contributed by atoms with Crippen molar-refractivity contribution in [1.29, 1.82) is 0 Å². The van der Waals surface area contributed by atoms with Gasteiger partial charge in [-0.1, -0.05) is 20.3 Å². The van der Waals surface area contributed by atoms with E-state index in [2.05, 4.69) is 0 Å². The van der Waals surface area contributed by atoms with Crippen LogP contribution in [0.2, 0.25) is 0 Å². The predicted octanol–water partition coefficient (Wildman–Crippen LogP) is -0.814. The Morgan fingerprint density at radius 1 is 1.29 bits per heavy atom. The highest BCUT2D eigenvalue weighted by molar-refractivity contribution is 6.10. The van der Waals surface area contributed by atoms with Crippen molar-refractivity contribution in [3.05, 3.63) is 0 Å². The quantitative estimate of drug-likeness (QED) is 0.430. The highest BCUT2D eigenvalue weighted by Crippen LogP contribution is 2.21. The second-order valence-electron chi connectivity index (χ2n) is 4.05. The molecule has 0 saturated heterocycles. The number of ketones is 1. The van der Waals surface area contributed by atoms with E-state index in [-0.39, 0.29) is 0 Å². The first-order valence-electron chi connectivity index (χ1n) is 5.21. The molecule has 0 radical (unpaired) electrons. The van der Waals surface area contributed by atoms with Gasteiger partial charge in [-0.25, -0.2) is 4.79 Å². The topological polar surface area (TPSA) is 144 Å². The lowest BCUT2D eigenvalue weighted by atomic mass is 9.78. The molecule has 0 amide bonds. The largest absolute Gasteiger partial charge is 0.481 e. The van der Waals surface area contributed by atoms with Gasteiger partial charge in [-0.3, -0.25) is 9.59 Å². The summed E-state index contributed by atoms with van der Waals surface area (Å²) in [5, 5.41) is 17.6. The standard InChI is InChI=1S/C10H18N2O5/c1-3-5(2)10(12,9(16)17)8(15)6(11)4-7(13)14/h5-6H,3-4,11-12H2,1-2H3,(H,13,14)(H,16,17)/t5-,6-,10+/m0/s1. The van der Waals surface area contributed by atoms with Crippen LogP contribution in [0.15, 0.2) is 0 Å². The van der Waals surface area contributed by atoms with E-state index in [1.54, 1.807) is 6.92 Å². The lowest BCUT2D eigenvalue weighted by Crippen LogP contribution is -2.64. The van der Waals surface area contributed by atoms with Gasteiger partial charge in [0, 0.05) is 0 Å². The van der Waals surface area contributed by atoms with Crippen molar-refractivity contribution in [3.63, 3.8) is 0 Å². The van der Waals surface area contributed by atoms with Crippen LogP contribution in [0.25, 0.3) is 0 Å². The lowest BCUT2D eigenvalue weighted by molar-refractivity contribution is -0.152. The summed E-state index contributed by atoms with van der Waals surface area (Å²) in [6, 6.07) is -1.41. The van der Waals surface area contributed by atoms with Gasteiger partial charge in [0.2, 0.25) is 0 Å². The molecule has 0 fully saturated rings. The van der Waals surface area contributed by atoms with Crippen LogP contribution >= 0.6 is 0 Å². The molecule has 0 unspecified atom stereocenters. The Balaban J connectivity index is 5.14. The molecule has 17 heavy (non-hydrogen) atoms. The molecule has 7 nitrogen and oxygen atoms in total. The summed E-state index contributed by atoms with van der Waals surface area (Å²) in [7, 11) is 0. The first-order chi connectivity index (χ1) is 7.67. The Morgan fingerprint density at radius 3 is 2.06 bits per heavy atom. The zero-order valence-corrected chi connectivity index (χ0v) is 9.84. The smallest absolute Gasteiger partial charge is 0.331 e. The number of Topliss-reactive ketones (excluding diaryl/α,β-unsaturated/α-hetero) is 1. The normalized spacial score (nSPS) is 17.9. The highest BCUT2D eigenvalue weighted by atomic mass is 16.4. The van der Waals surface area contributed by atoms with Crippen LogP contribution in [0.3, 0.4) is 0 Å². The van der Waals surface area contributed by atoms with Crippen LogP contribution in [0.4, 0.5) is 0 Å². The minimum atomic E-state index is -2.14. The minimum absolute atomic E-state index is 0.369. The SMILES string of the molecule is CC[C@H](C)[C@](N)(C(=O)O)C(=O)[C@@H](N)CC(=O)O. The first kappa shape index (κ1) is 15.5. The van der Waals surface area contributed by atoms with Crippen LogP contribution < -0.4 is 11.5 Å². The maximum absolute atomic E-state index is 11.8. The van der Waals surface area contributed by atoms with Crippen LogP contribution in [0.1, 0.15) is 26.7 Å². The minimum Gasteiger partial charge on any atom is -0.481 e. The number of hydrogen-bond acceptors (Lipinski definition) is 5. The molecule has 98 valence electrons. The maximum atomic E-state index is 11.8. The molecule has 0 bridgehead atoms. The van der Waals surface area contributed by atoms with Crippen molar-refractivity contribution in [2.45, 2.75) is 38.3 Å². The molecule has 3 atom stereocenters. The Labute approximate surface area is 98.8 Å². The van der Waals surface area contributed by atoms with Gasteiger partial charge in [0.15, 0.2) is 11.3 Å². The Kier molecular flexibility index (Phi) is 5.24. The Bertz CT molecular complexity index is 331. The molecule has 0 aromatic rings. The average molecular weight is 246 g/mol. The van der Waals surface area contributed by atoms with E-state index in [1.165, 1.54) is 6.92 Å². The van der Waals surface area contributed by atoms with E-state index in [9.17, 15) is 14.4 Å². The van der Waals surface area contributed by atoms with Crippen molar-refractivity contribution in [1.82, 2.24) is 0 Å². The van der Waals surface area contributed by atoms with Gasteiger partial charge in [-0.15, -0.1) is 0 Å². The van der Waals surface area contributed by atoms with E-state index in [0.29, 0.717) is 6.42 Å². The summed E-state index contributed by atoms with van der Waals surface area (Å²) in [5.74, 6) is -4.35. The lowest BCUT2D eigenvalue weighted by Gasteiger charge is -2.30. The van der Waals surface area contributed by atoms with E-state index >= 15 is 0 Å². The summed E-state index contributed by atoms with van der Waals surface area (Å²) in [5.41, 5.74) is 8.82. The zero-order valence-electron chi connectivity index (χ0n) is 9.84. The molecule has 6 N–H and O–H groups in total. The number of nitrogens with two attached hydrogens (primary N) is 2. The summed E-state index contributed by atoms with van der Waals surface area (Å²) in [6.45, 7) is 3.20. The second kappa shape index (κ2) is 5.74. The van der Waals surface area contributed by atoms with E-state index in [0.717, 1.165) is 0 Å². The summed E-state index contributed by atoms with van der Waals surface area (Å²) in [4.78, 5) is 33.4. The molecule has 0 saturated carbocycles. The molecule has 0 rings (SSSR count). The van der Waals surface area contributed by atoms with Crippen molar-refractivity contribution in [2.24, 2.45) is 17.4 Å². The van der Waals surface area contributed by atoms with Crippen LogP contribution in [-0.2, 0) is 14.4 Å². The Morgan fingerprint density at radius 2 is 1.76 bits per heavy atom. The van der Waals surface area contributed by atoms with Gasteiger partial charge in [-0.2, -0.15) is 0 Å². The number of aliphatic carboxylic acids is 2. The number of carbonyl (C=O) groups excluding carboxylic acids is 1. The van der Waals surface area contributed by atoms with Gasteiger partial charge >= 0.3 is 11.9 Å². The summed E-state index contributed by atoms with van der Waals surface area (Å²) in [6.07, 6.45) is -0.268.